The molecule has 1 aliphatic carbocycles. The molecule has 2 heterocycles. The van der Waals surface area contributed by atoms with Gasteiger partial charge >= 0.3 is 0 Å². The zero-order valence-corrected chi connectivity index (χ0v) is 14.0. The van der Waals surface area contributed by atoms with Crippen LogP contribution in [0.3, 0.4) is 0 Å². The van der Waals surface area contributed by atoms with E-state index in [1.807, 2.05) is 18.2 Å². The molecule has 0 aliphatic heterocycles. The largest absolute Gasteiger partial charge is 0.342 e. The Morgan fingerprint density at radius 1 is 1.21 bits per heavy atom. The van der Waals surface area contributed by atoms with Crippen LogP contribution in [0.5, 0.6) is 0 Å². The lowest BCUT2D eigenvalue weighted by atomic mass is 10.1. The summed E-state index contributed by atoms with van der Waals surface area (Å²) in [6, 6.07) is 9.27. The van der Waals surface area contributed by atoms with E-state index >= 15 is 0 Å². The summed E-state index contributed by atoms with van der Waals surface area (Å²) < 4.78 is 0. The number of halogens is 1. The van der Waals surface area contributed by atoms with E-state index in [2.05, 4.69) is 15.3 Å². The quantitative estimate of drug-likeness (QED) is 0.745. The molecule has 5 nitrogen and oxygen atoms in total. The highest BCUT2D eigenvalue weighted by Crippen LogP contribution is 2.33. The third kappa shape index (κ3) is 3.26. The molecule has 1 amide bonds. The van der Waals surface area contributed by atoms with Gasteiger partial charge in [-0.2, -0.15) is 0 Å². The van der Waals surface area contributed by atoms with Crippen LogP contribution in [-0.4, -0.2) is 20.9 Å². The van der Waals surface area contributed by atoms with Crippen molar-refractivity contribution in [3.05, 3.63) is 54.1 Å². The molecule has 0 spiro atoms. The van der Waals surface area contributed by atoms with Crippen LogP contribution in [0.25, 0.3) is 11.0 Å². The molecule has 0 bridgehead atoms. The highest BCUT2D eigenvalue weighted by molar-refractivity contribution is 6.04. The van der Waals surface area contributed by atoms with E-state index in [-0.39, 0.29) is 18.3 Å². The minimum absolute atomic E-state index is 0. The van der Waals surface area contributed by atoms with Gasteiger partial charge < -0.3 is 10.3 Å². The molecule has 1 aromatic carbocycles. The van der Waals surface area contributed by atoms with Gasteiger partial charge in [0.1, 0.15) is 5.82 Å². The summed E-state index contributed by atoms with van der Waals surface area (Å²) in [5.74, 6) is 1.47. The first-order valence-electron chi connectivity index (χ1n) is 8.00. The summed E-state index contributed by atoms with van der Waals surface area (Å²) in [5.41, 5.74) is 3.22. The Balaban J connectivity index is 0.00000169. The van der Waals surface area contributed by atoms with Gasteiger partial charge in [-0.3, -0.25) is 9.78 Å². The molecule has 0 unspecified atom stereocenters. The number of H-pyrrole nitrogens is 1. The Labute approximate surface area is 146 Å². The average molecular weight is 343 g/mol. The molecule has 2 aromatic heterocycles. The Hall–Kier alpha value is -2.40. The zero-order valence-electron chi connectivity index (χ0n) is 13.2. The fourth-order valence-electron chi connectivity index (χ4n) is 3.20. The summed E-state index contributed by atoms with van der Waals surface area (Å²) >= 11 is 0. The second kappa shape index (κ2) is 7.01. The minimum atomic E-state index is -0.159. The van der Waals surface area contributed by atoms with Gasteiger partial charge in [0.05, 0.1) is 16.6 Å². The van der Waals surface area contributed by atoms with E-state index in [9.17, 15) is 4.79 Å². The topological polar surface area (TPSA) is 70.7 Å². The maximum absolute atomic E-state index is 12.2. The fraction of sp³-hybridized carbons (Fsp3) is 0.278. The lowest BCUT2D eigenvalue weighted by molar-refractivity contribution is 0.102. The van der Waals surface area contributed by atoms with Gasteiger partial charge in [-0.15, -0.1) is 12.4 Å². The number of carbonyl (C=O) groups is 1. The van der Waals surface area contributed by atoms with Gasteiger partial charge in [-0.25, -0.2) is 4.98 Å². The number of pyridine rings is 1. The first kappa shape index (κ1) is 16.5. The van der Waals surface area contributed by atoms with Crippen LogP contribution in [0.15, 0.2) is 42.7 Å². The van der Waals surface area contributed by atoms with Crippen LogP contribution in [0, 0.1) is 0 Å². The number of imidazole rings is 1. The Bertz CT molecular complexity index is 841. The maximum atomic E-state index is 12.2. The lowest BCUT2D eigenvalue weighted by Gasteiger charge is -2.04. The number of nitrogens with zero attached hydrogens (tertiary/aromatic N) is 2. The van der Waals surface area contributed by atoms with Crippen molar-refractivity contribution in [2.45, 2.75) is 31.6 Å². The average Bonchev–Trinajstić information content (AvgIpc) is 3.24. The van der Waals surface area contributed by atoms with Crippen molar-refractivity contribution in [1.29, 1.82) is 0 Å². The predicted octanol–water partition coefficient (Wildman–Crippen LogP) is 4.29. The number of rotatable bonds is 3. The maximum Gasteiger partial charge on any atom is 0.257 e. The summed E-state index contributed by atoms with van der Waals surface area (Å²) in [6.07, 6.45) is 8.21. The molecule has 4 rings (SSSR count). The number of carbonyl (C=O) groups excluding carboxylic acids is 1. The summed E-state index contributed by atoms with van der Waals surface area (Å²) in [5, 5.41) is 2.90. The minimum Gasteiger partial charge on any atom is -0.342 e. The molecule has 1 saturated carbocycles. The smallest absolute Gasteiger partial charge is 0.257 e. The number of anilines is 1. The number of aromatic amines is 1. The third-order valence-electron chi connectivity index (χ3n) is 4.42. The van der Waals surface area contributed by atoms with Crippen molar-refractivity contribution in [2.75, 3.05) is 5.32 Å². The van der Waals surface area contributed by atoms with E-state index in [0.29, 0.717) is 11.5 Å². The van der Waals surface area contributed by atoms with Gasteiger partial charge in [0, 0.05) is 24.0 Å². The van der Waals surface area contributed by atoms with E-state index < -0.39 is 0 Å². The van der Waals surface area contributed by atoms with E-state index in [1.54, 1.807) is 24.5 Å². The molecule has 24 heavy (non-hydrogen) atoms. The Kier molecular flexibility index (Phi) is 4.81. The molecule has 124 valence electrons. The first-order chi connectivity index (χ1) is 11.3. The summed E-state index contributed by atoms with van der Waals surface area (Å²) in [6.45, 7) is 0. The second-order valence-electron chi connectivity index (χ2n) is 6.03. The number of hydrogen-bond donors (Lipinski definition) is 2. The second-order valence-corrected chi connectivity index (χ2v) is 6.03. The van der Waals surface area contributed by atoms with Crippen LogP contribution in [0.2, 0.25) is 0 Å². The van der Waals surface area contributed by atoms with E-state index in [1.165, 1.54) is 25.7 Å². The van der Waals surface area contributed by atoms with Gasteiger partial charge in [-0.1, -0.05) is 12.8 Å². The number of nitrogens with one attached hydrogen (secondary N) is 2. The molecule has 6 heteroatoms. The number of fused-ring (bicyclic) bond motifs is 1. The number of amides is 1. The molecule has 0 saturated heterocycles. The van der Waals surface area contributed by atoms with E-state index in [4.69, 9.17) is 4.98 Å². The van der Waals surface area contributed by atoms with Crippen molar-refractivity contribution in [2.24, 2.45) is 0 Å². The highest BCUT2D eigenvalue weighted by atomic mass is 35.5. The van der Waals surface area contributed by atoms with Gasteiger partial charge in [0.2, 0.25) is 0 Å². The van der Waals surface area contributed by atoms with Crippen molar-refractivity contribution >= 4 is 35.0 Å². The highest BCUT2D eigenvalue weighted by Gasteiger charge is 2.20. The van der Waals surface area contributed by atoms with Crippen molar-refractivity contribution < 1.29 is 4.79 Å². The van der Waals surface area contributed by atoms with Crippen molar-refractivity contribution in [3.63, 3.8) is 0 Å². The molecule has 0 radical (unpaired) electrons. The first-order valence-corrected chi connectivity index (χ1v) is 8.00. The standard InChI is InChI=1S/C18H18N4O.ClH/c23-18(13-6-3-9-19-11-13)20-14-7-8-15-16(10-14)22-17(21-15)12-4-1-2-5-12;/h3,6-12H,1-2,4-5H2,(H,20,23)(H,21,22);1H. The SMILES string of the molecule is Cl.O=C(Nc1ccc2nc(C3CCCC3)[nH]c2c1)c1cccnc1. The molecule has 0 atom stereocenters. The normalized spacial score (nSPS) is 14.5. The monoisotopic (exact) mass is 342 g/mol. The molecule has 2 N–H and O–H groups in total. The van der Waals surface area contributed by atoms with Crippen molar-refractivity contribution in [3.8, 4) is 0 Å². The van der Waals surface area contributed by atoms with Crippen LogP contribution < -0.4 is 5.32 Å². The third-order valence-corrected chi connectivity index (χ3v) is 4.42. The number of aromatic nitrogens is 3. The molecule has 3 aromatic rings. The fourth-order valence-corrected chi connectivity index (χ4v) is 3.20. The van der Waals surface area contributed by atoms with Crippen LogP contribution >= 0.6 is 12.4 Å². The molecule has 1 aliphatic rings. The van der Waals surface area contributed by atoms with Gasteiger partial charge in [0.15, 0.2) is 0 Å². The lowest BCUT2D eigenvalue weighted by Crippen LogP contribution is -2.11. The van der Waals surface area contributed by atoms with Crippen LogP contribution in [0.1, 0.15) is 47.8 Å². The summed E-state index contributed by atoms with van der Waals surface area (Å²) in [7, 11) is 0. The molecular weight excluding hydrogens is 324 g/mol. The Morgan fingerprint density at radius 3 is 2.79 bits per heavy atom. The summed E-state index contributed by atoms with van der Waals surface area (Å²) in [4.78, 5) is 24.3. The Morgan fingerprint density at radius 2 is 2.04 bits per heavy atom. The van der Waals surface area contributed by atoms with Crippen molar-refractivity contribution in [1.82, 2.24) is 15.0 Å². The molecule has 1 fully saturated rings. The number of hydrogen-bond acceptors (Lipinski definition) is 3. The van der Waals surface area contributed by atoms with Gasteiger partial charge in [-0.05, 0) is 43.2 Å². The molecular formula is C18H19ClN4O. The van der Waals surface area contributed by atoms with Gasteiger partial charge in [0.25, 0.3) is 5.91 Å². The van der Waals surface area contributed by atoms with Crippen LogP contribution in [-0.2, 0) is 0 Å². The van der Waals surface area contributed by atoms with Crippen LogP contribution in [0.4, 0.5) is 5.69 Å². The predicted molar refractivity (Wildman–Crippen MR) is 96.7 cm³/mol. The number of benzene rings is 1. The van der Waals surface area contributed by atoms with E-state index in [0.717, 1.165) is 22.5 Å². The zero-order chi connectivity index (χ0) is 15.6.